The molecular formula is C11H14N2O. The Bertz CT molecular complexity index is 342. The minimum Gasteiger partial charge on any atom is -0.493 e. The lowest BCUT2D eigenvalue weighted by Crippen LogP contribution is -2.06. The van der Waals surface area contributed by atoms with Crippen molar-refractivity contribution in [3.8, 4) is 11.8 Å². The molecule has 0 aromatic heterocycles. The highest BCUT2D eigenvalue weighted by molar-refractivity contribution is 5.41. The van der Waals surface area contributed by atoms with Crippen LogP contribution in [0.15, 0.2) is 18.2 Å². The zero-order chi connectivity index (χ0) is 10.4. The summed E-state index contributed by atoms with van der Waals surface area (Å²) in [6.07, 6.45) is 0.830. The van der Waals surface area contributed by atoms with E-state index in [-0.39, 0.29) is 0 Å². The molecule has 0 spiro atoms. The summed E-state index contributed by atoms with van der Waals surface area (Å²) in [7, 11) is 0. The molecule has 3 nitrogen and oxygen atoms in total. The SMILES string of the molecule is Cc1ccc(C#N)cc1OCCCN. The van der Waals surface area contributed by atoms with E-state index in [4.69, 9.17) is 15.7 Å². The van der Waals surface area contributed by atoms with Crippen LogP contribution in [0.2, 0.25) is 0 Å². The Kier molecular flexibility index (Phi) is 3.96. The monoisotopic (exact) mass is 190 g/mol. The lowest BCUT2D eigenvalue weighted by Gasteiger charge is -2.08. The summed E-state index contributed by atoms with van der Waals surface area (Å²) in [6, 6.07) is 7.50. The fourth-order valence-corrected chi connectivity index (χ4v) is 1.09. The van der Waals surface area contributed by atoms with Crippen LogP contribution in [0.1, 0.15) is 17.5 Å². The van der Waals surface area contributed by atoms with Crippen LogP contribution in [-0.2, 0) is 0 Å². The van der Waals surface area contributed by atoms with Crippen molar-refractivity contribution >= 4 is 0 Å². The van der Waals surface area contributed by atoms with Crippen LogP contribution in [0.5, 0.6) is 5.75 Å². The Hall–Kier alpha value is -1.53. The molecule has 0 saturated carbocycles. The van der Waals surface area contributed by atoms with Gasteiger partial charge in [0.05, 0.1) is 18.2 Å². The van der Waals surface area contributed by atoms with Crippen molar-refractivity contribution in [2.75, 3.05) is 13.2 Å². The fraction of sp³-hybridized carbons (Fsp3) is 0.364. The van der Waals surface area contributed by atoms with Gasteiger partial charge < -0.3 is 10.5 Å². The molecule has 0 heterocycles. The largest absolute Gasteiger partial charge is 0.493 e. The van der Waals surface area contributed by atoms with Crippen LogP contribution < -0.4 is 10.5 Å². The van der Waals surface area contributed by atoms with Gasteiger partial charge in [0.1, 0.15) is 5.75 Å². The topological polar surface area (TPSA) is 59.0 Å². The van der Waals surface area contributed by atoms with E-state index in [1.54, 1.807) is 12.1 Å². The van der Waals surface area contributed by atoms with E-state index < -0.39 is 0 Å². The van der Waals surface area contributed by atoms with Crippen molar-refractivity contribution < 1.29 is 4.74 Å². The third-order valence-corrected chi connectivity index (χ3v) is 1.92. The molecule has 0 fully saturated rings. The molecule has 0 saturated heterocycles. The number of benzene rings is 1. The first kappa shape index (κ1) is 10.6. The van der Waals surface area contributed by atoms with E-state index in [0.29, 0.717) is 18.7 Å². The lowest BCUT2D eigenvalue weighted by atomic mass is 10.1. The second kappa shape index (κ2) is 5.25. The van der Waals surface area contributed by atoms with Gasteiger partial charge in [0, 0.05) is 0 Å². The fourth-order valence-electron chi connectivity index (χ4n) is 1.09. The third-order valence-electron chi connectivity index (χ3n) is 1.92. The number of hydrogen-bond donors (Lipinski definition) is 1. The highest BCUT2D eigenvalue weighted by Crippen LogP contribution is 2.19. The molecule has 14 heavy (non-hydrogen) atoms. The van der Waals surface area contributed by atoms with Gasteiger partial charge in [-0.05, 0) is 37.6 Å². The molecule has 1 aromatic carbocycles. The standard InChI is InChI=1S/C11H14N2O/c1-9-3-4-10(8-13)7-11(9)14-6-2-5-12/h3-4,7H,2,5-6,12H2,1H3. The van der Waals surface area contributed by atoms with Crippen molar-refractivity contribution in [1.29, 1.82) is 5.26 Å². The molecule has 0 aliphatic carbocycles. The third kappa shape index (κ3) is 2.75. The molecule has 0 amide bonds. The van der Waals surface area contributed by atoms with Gasteiger partial charge in [0.15, 0.2) is 0 Å². The second-order valence-electron chi connectivity index (χ2n) is 3.08. The number of nitrogens with two attached hydrogens (primary N) is 1. The Morgan fingerprint density at radius 3 is 2.93 bits per heavy atom. The van der Waals surface area contributed by atoms with Gasteiger partial charge >= 0.3 is 0 Å². The van der Waals surface area contributed by atoms with Crippen molar-refractivity contribution in [3.05, 3.63) is 29.3 Å². The molecule has 3 heteroatoms. The molecule has 74 valence electrons. The molecule has 0 unspecified atom stereocenters. The zero-order valence-corrected chi connectivity index (χ0v) is 8.29. The van der Waals surface area contributed by atoms with Crippen LogP contribution in [0.3, 0.4) is 0 Å². The molecule has 0 aliphatic heterocycles. The van der Waals surface area contributed by atoms with E-state index in [0.717, 1.165) is 17.7 Å². The summed E-state index contributed by atoms with van der Waals surface area (Å²) in [4.78, 5) is 0. The van der Waals surface area contributed by atoms with E-state index in [2.05, 4.69) is 6.07 Å². The minimum atomic E-state index is 0.603. The number of nitriles is 1. The predicted octanol–water partition coefficient (Wildman–Crippen LogP) is 1.59. The number of ether oxygens (including phenoxy) is 1. The Morgan fingerprint density at radius 1 is 1.50 bits per heavy atom. The molecule has 1 aromatic rings. The smallest absolute Gasteiger partial charge is 0.123 e. The second-order valence-corrected chi connectivity index (χ2v) is 3.08. The highest BCUT2D eigenvalue weighted by atomic mass is 16.5. The summed E-state index contributed by atoms with van der Waals surface area (Å²) in [5.74, 6) is 0.775. The number of nitrogens with zero attached hydrogens (tertiary/aromatic N) is 1. The molecule has 2 N–H and O–H groups in total. The molecule has 0 atom stereocenters. The predicted molar refractivity (Wildman–Crippen MR) is 55.1 cm³/mol. The van der Waals surface area contributed by atoms with Crippen molar-refractivity contribution in [2.45, 2.75) is 13.3 Å². The van der Waals surface area contributed by atoms with E-state index in [1.807, 2.05) is 13.0 Å². The normalized spacial score (nSPS) is 9.50. The average molecular weight is 190 g/mol. The van der Waals surface area contributed by atoms with Gasteiger partial charge in [0.25, 0.3) is 0 Å². The summed E-state index contributed by atoms with van der Waals surface area (Å²) < 4.78 is 5.49. The highest BCUT2D eigenvalue weighted by Gasteiger charge is 2.00. The molecule has 0 radical (unpaired) electrons. The Morgan fingerprint density at radius 2 is 2.29 bits per heavy atom. The van der Waals surface area contributed by atoms with E-state index in [1.165, 1.54) is 0 Å². The van der Waals surface area contributed by atoms with Gasteiger partial charge in [-0.1, -0.05) is 6.07 Å². The van der Waals surface area contributed by atoms with Gasteiger partial charge in [-0.2, -0.15) is 5.26 Å². The van der Waals surface area contributed by atoms with E-state index in [9.17, 15) is 0 Å². The maximum Gasteiger partial charge on any atom is 0.123 e. The average Bonchev–Trinajstić information content (AvgIpc) is 2.21. The lowest BCUT2D eigenvalue weighted by molar-refractivity contribution is 0.311. The molecule has 0 aliphatic rings. The molecule has 1 rings (SSSR count). The molecular weight excluding hydrogens is 176 g/mol. The van der Waals surface area contributed by atoms with Gasteiger partial charge in [-0.3, -0.25) is 0 Å². The van der Waals surface area contributed by atoms with Crippen LogP contribution in [0.4, 0.5) is 0 Å². The van der Waals surface area contributed by atoms with Gasteiger partial charge in [0.2, 0.25) is 0 Å². The van der Waals surface area contributed by atoms with Gasteiger partial charge in [-0.25, -0.2) is 0 Å². The first-order valence-electron chi connectivity index (χ1n) is 4.61. The van der Waals surface area contributed by atoms with Crippen LogP contribution in [0, 0.1) is 18.3 Å². The maximum atomic E-state index is 8.70. The number of hydrogen-bond acceptors (Lipinski definition) is 3. The summed E-state index contributed by atoms with van der Waals surface area (Å²) in [5, 5.41) is 8.70. The Balaban J connectivity index is 2.70. The minimum absolute atomic E-state index is 0.603. The maximum absolute atomic E-state index is 8.70. The first-order chi connectivity index (χ1) is 6.77. The quantitative estimate of drug-likeness (QED) is 0.733. The Labute approximate surface area is 84.1 Å². The van der Waals surface area contributed by atoms with Crippen LogP contribution in [-0.4, -0.2) is 13.2 Å². The van der Waals surface area contributed by atoms with Crippen molar-refractivity contribution in [1.82, 2.24) is 0 Å². The van der Waals surface area contributed by atoms with Crippen LogP contribution in [0.25, 0.3) is 0 Å². The molecule has 0 bridgehead atoms. The first-order valence-corrected chi connectivity index (χ1v) is 4.61. The summed E-state index contributed by atoms with van der Waals surface area (Å²) in [5.41, 5.74) is 7.02. The summed E-state index contributed by atoms with van der Waals surface area (Å²) in [6.45, 7) is 3.18. The number of aryl methyl sites for hydroxylation is 1. The van der Waals surface area contributed by atoms with Crippen LogP contribution >= 0.6 is 0 Å². The van der Waals surface area contributed by atoms with Crippen molar-refractivity contribution in [3.63, 3.8) is 0 Å². The number of rotatable bonds is 4. The summed E-state index contributed by atoms with van der Waals surface area (Å²) >= 11 is 0. The zero-order valence-electron chi connectivity index (χ0n) is 8.29. The van der Waals surface area contributed by atoms with E-state index >= 15 is 0 Å². The van der Waals surface area contributed by atoms with Gasteiger partial charge in [-0.15, -0.1) is 0 Å². The van der Waals surface area contributed by atoms with Crippen molar-refractivity contribution in [2.24, 2.45) is 5.73 Å².